The first-order valence-corrected chi connectivity index (χ1v) is 8.60. The van der Waals surface area contributed by atoms with Gasteiger partial charge in [-0.2, -0.15) is 0 Å². The maximum Gasteiger partial charge on any atom is 0.261 e. The molecule has 0 aliphatic carbocycles. The number of nitrogens with zero attached hydrogens (tertiary/aromatic N) is 2. The fourth-order valence-electron chi connectivity index (χ4n) is 2.89. The van der Waals surface area contributed by atoms with E-state index in [0.717, 1.165) is 0 Å². The summed E-state index contributed by atoms with van der Waals surface area (Å²) in [6.07, 6.45) is 0. The van der Waals surface area contributed by atoms with E-state index in [0.29, 0.717) is 17.3 Å². The zero-order valence-corrected chi connectivity index (χ0v) is 15.0. The van der Waals surface area contributed by atoms with E-state index in [1.165, 1.54) is 11.0 Å². The van der Waals surface area contributed by atoms with Crippen molar-refractivity contribution in [3.05, 3.63) is 53.6 Å². The summed E-state index contributed by atoms with van der Waals surface area (Å²) in [5.74, 6) is -0.317. The van der Waals surface area contributed by atoms with Crippen molar-refractivity contribution in [2.45, 2.75) is 13.0 Å². The van der Waals surface area contributed by atoms with Gasteiger partial charge in [0.15, 0.2) is 18.1 Å². The lowest BCUT2D eigenvalue weighted by molar-refractivity contribution is -0.141. The molecule has 0 spiro atoms. The van der Waals surface area contributed by atoms with Crippen LogP contribution in [0.15, 0.2) is 48.5 Å². The Bertz CT molecular complexity index is 827. The summed E-state index contributed by atoms with van der Waals surface area (Å²) < 4.78 is 5.38. The first-order valence-electron chi connectivity index (χ1n) is 8.22. The first kappa shape index (κ1) is 18.1. The van der Waals surface area contributed by atoms with E-state index in [1.807, 2.05) is 13.0 Å². The largest absolute Gasteiger partial charge is 0.504 e. The number of halogens is 1. The third kappa shape index (κ3) is 3.75. The molecule has 6 nitrogen and oxygen atoms in total. The molecule has 1 atom stereocenters. The molecule has 3 rings (SSSR count). The number of rotatable bonds is 4. The Labute approximate surface area is 156 Å². The number of piperazine rings is 1. The fourth-order valence-corrected chi connectivity index (χ4v) is 3.13. The summed E-state index contributed by atoms with van der Waals surface area (Å²) in [6.45, 7) is 1.93. The van der Waals surface area contributed by atoms with E-state index in [4.69, 9.17) is 16.3 Å². The molecule has 26 heavy (non-hydrogen) atoms. The molecule has 0 unspecified atom stereocenters. The molecule has 0 bridgehead atoms. The summed E-state index contributed by atoms with van der Waals surface area (Å²) in [5, 5.41) is 10.2. The van der Waals surface area contributed by atoms with E-state index < -0.39 is 0 Å². The number of phenols is 1. The second-order valence-electron chi connectivity index (χ2n) is 6.08. The van der Waals surface area contributed by atoms with Crippen LogP contribution < -0.4 is 9.64 Å². The van der Waals surface area contributed by atoms with Crippen LogP contribution in [-0.2, 0) is 9.59 Å². The number of anilines is 1. The van der Waals surface area contributed by atoms with E-state index in [1.54, 1.807) is 41.3 Å². The van der Waals surface area contributed by atoms with Crippen molar-refractivity contribution < 1.29 is 19.4 Å². The van der Waals surface area contributed by atoms with Gasteiger partial charge in [-0.25, -0.2) is 0 Å². The predicted octanol–water partition coefficient (Wildman–Crippen LogP) is 2.69. The minimum atomic E-state index is -0.312. The van der Waals surface area contributed by atoms with E-state index >= 15 is 0 Å². The second-order valence-corrected chi connectivity index (χ2v) is 6.49. The number of para-hydroxylation sites is 3. The molecule has 2 amide bonds. The smallest absolute Gasteiger partial charge is 0.261 e. The third-order valence-corrected chi connectivity index (χ3v) is 4.59. The van der Waals surface area contributed by atoms with Gasteiger partial charge >= 0.3 is 0 Å². The number of benzene rings is 2. The van der Waals surface area contributed by atoms with Crippen LogP contribution in [0.2, 0.25) is 5.02 Å². The molecule has 1 aliphatic heterocycles. The molecule has 2 aromatic carbocycles. The Morgan fingerprint density at radius 3 is 2.65 bits per heavy atom. The number of carbonyl (C=O) groups excluding carboxylic acids is 2. The van der Waals surface area contributed by atoms with Crippen molar-refractivity contribution in [3.63, 3.8) is 0 Å². The highest BCUT2D eigenvalue weighted by atomic mass is 35.5. The number of hydrogen-bond donors (Lipinski definition) is 1. The van der Waals surface area contributed by atoms with E-state index in [-0.39, 0.29) is 42.5 Å². The average molecular weight is 375 g/mol. The minimum absolute atomic E-state index is 0.0343. The maximum atomic E-state index is 12.5. The van der Waals surface area contributed by atoms with Gasteiger partial charge in [0, 0.05) is 12.6 Å². The lowest BCUT2D eigenvalue weighted by Crippen LogP contribution is -2.58. The lowest BCUT2D eigenvalue weighted by Gasteiger charge is -2.39. The Hall–Kier alpha value is -2.73. The quantitative estimate of drug-likeness (QED) is 0.893. The number of hydrogen-bond acceptors (Lipinski definition) is 4. The SMILES string of the molecule is C[C@@H]1CN(c2ccccc2Cl)C(=O)CN1C(=O)COc1ccccc1O. The Kier molecular flexibility index (Phi) is 5.32. The van der Waals surface area contributed by atoms with Crippen LogP contribution in [0.25, 0.3) is 0 Å². The highest BCUT2D eigenvalue weighted by Crippen LogP contribution is 2.28. The number of phenolic OH excluding ortho intramolecular Hbond substituents is 1. The van der Waals surface area contributed by atoms with Crippen LogP contribution in [0.3, 0.4) is 0 Å². The zero-order chi connectivity index (χ0) is 18.7. The van der Waals surface area contributed by atoms with Gasteiger partial charge in [0.25, 0.3) is 5.91 Å². The molecule has 7 heteroatoms. The summed E-state index contributed by atoms with van der Waals surface area (Å²) in [5.41, 5.74) is 0.642. The fraction of sp³-hybridized carbons (Fsp3) is 0.263. The molecule has 1 aliphatic rings. The monoisotopic (exact) mass is 374 g/mol. The van der Waals surface area contributed by atoms with Crippen molar-refractivity contribution in [1.29, 1.82) is 0 Å². The first-order chi connectivity index (χ1) is 12.5. The standard InChI is InChI=1S/C19H19ClN2O4/c1-13-10-22(15-7-3-2-6-14(15)20)18(24)11-21(13)19(25)12-26-17-9-5-4-8-16(17)23/h2-9,13,23H,10-12H2,1H3/t13-/m1/s1. The highest BCUT2D eigenvalue weighted by molar-refractivity contribution is 6.33. The highest BCUT2D eigenvalue weighted by Gasteiger charge is 2.34. The number of amides is 2. The number of aromatic hydroxyl groups is 1. The van der Waals surface area contributed by atoms with Gasteiger partial charge in [0.2, 0.25) is 5.91 Å². The van der Waals surface area contributed by atoms with Crippen LogP contribution in [0.5, 0.6) is 11.5 Å². The average Bonchev–Trinajstić information content (AvgIpc) is 2.63. The number of ether oxygens (including phenoxy) is 1. The number of carbonyl (C=O) groups is 2. The van der Waals surface area contributed by atoms with Gasteiger partial charge in [-0.1, -0.05) is 35.9 Å². The summed E-state index contributed by atoms with van der Waals surface area (Å²) in [7, 11) is 0. The maximum absolute atomic E-state index is 12.5. The van der Waals surface area contributed by atoms with Gasteiger partial charge in [-0.15, -0.1) is 0 Å². The van der Waals surface area contributed by atoms with E-state index in [2.05, 4.69) is 0 Å². The van der Waals surface area contributed by atoms with Crippen LogP contribution in [0.4, 0.5) is 5.69 Å². The Morgan fingerprint density at radius 2 is 1.92 bits per heavy atom. The van der Waals surface area contributed by atoms with Crippen LogP contribution >= 0.6 is 11.6 Å². The minimum Gasteiger partial charge on any atom is -0.504 e. The zero-order valence-electron chi connectivity index (χ0n) is 14.3. The van der Waals surface area contributed by atoms with E-state index in [9.17, 15) is 14.7 Å². The van der Waals surface area contributed by atoms with Crippen molar-refractivity contribution in [2.24, 2.45) is 0 Å². The van der Waals surface area contributed by atoms with Gasteiger partial charge in [0.1, 0.15) is 6.54 Å². The molecule has 1 saturated heterocycles. The lowest BCUT2D eigenvalue weighted by atomic mass is 10.1. The van der Waals surface area contributed by atoms with Gasteiger partial charge in [0.05, 0.1) is 10.7 Å². The summed E-state index contributed by atoms with van der Waals surface area (Å²) in [4.78, 5) is 28.1. The summed E-state index contributed by atoms with van der Waals surface area (Å²) >= 11 is 6.18. The Morgan fingerprint density at radius 1 is 1.23 bits per heavy atom. The van der Waals surface area contributed by atoms with Gasteiger partial charge in [-0.05, 0) is 31.2 Å². The molecule has 1 N–H and O–H groups in total. The molecule has 2 aromatic rings. The molecule has 136 valence electrons. The molecular weight excluding hydrogens is 356 g/mol. The van der Waals surface area contributed by atoms with Gasteiger partial charge < -0.3 is 19.6 Å². The van der Waals surface area contributed by atoms with Crippen molar-refractivity contribution in [3.8, 4) is 11.5 Å². The van der Waals surface area contributed by atoms with Crippen LogP contribution in [0, 0.1) is 0 Å². The Balaban J connectivity index is 1.66. The summed E-state index contributed by atoms with van der Waals surface area (Å²) in [6, 6.07) is 13.4. The molecule has 0 aromatic heterocycles. The van der Waals surface area contributed by atoms with Crippen LogP contribution in [0.1, 0.15) is 6.92 Å². The third-order valence-electron chi connectivity index (χ3n) is 4.27. The normalized spacial score (nSPS) is 17.3. The predicted molar refractivity (Wildman–Crippen MR) is 98.6 cm³/mol. The molecule has 0 radical (unpaired) electrons. The van der Waals surface area contributed by atoms with Crippen molar-refractivity contribution >= 4 is 29.1 Å². The molecule has 1 heterocycles. The second kappa shape index (κ2) is 7.66. The van der Waals surface area contributed by atoms with Gasteiger partial charge in [-0.3, -0.25) is 9.59 Å². The topological polar surface area (TPSA) is 70.1 Å². The molecule has 1 fully saturated rings. The van der Waals surface area contributed by atoms with Crippen molar-refractivity contribution in [1.82, 2.24) is 4.90 Å². The van der Waals surface area contributed by atoms with Crippen LogP contribution in [-0.4, -0.2) is 47.6 Å². The molecular formula is C19H19ClN2O4. The molecule has 0 saturated carbocycles. The van der Waals surface area contributed by atoms with Crippen molar-refractivity contribution in [2.75, 3.05) is 24.6 Å².